The van der Waals surface area contributed by atoms with E-state index in [1.165, 1.54) is 89.0 Å². The molecule has 0 bridgehead atoms. The maximum Gasteiger partial charge on any atom is 0.0725 e. The zero-order valence-corrected chi connectivity index (χ0v) is 28.8. The molecule has 244 valence electrons. The van der Waals surface area contributed by atoms with E-state index in [9.17, 15) is 0 Å². The summed E-state index contributed by atoms with van der Waals surface area (Å²) >= 11 is 0. The molecule has 0 radical (unpaired) electrons. The van der Waals surface area contributed by atoms with Crippen LogP contribution in [0.15, 0.2) is 206 Å². The lowest BCUT2D eigenvalue weighted by Crippen LogP contribution is -2.37. The Bertz CT molecular complexity index is 2460. The molecule has 0 N–H and O–H groups in total. The molecule has 0 nitrogen and oxygen atoms in total. The first-order valence-electron chi connectivity index (χ1n) is 18.2. The van der Waals surface area contributed by atoms with Crippen molar-refractivity contribution in [3.63, 3.8) is 0 Å². The van der Waals surface area contributed by atoms with Gasteiger partial charge in [0.2, 0.25) is 0 Å². The van der Waals surface area contributed by atoms with E-state index in [0.717, 1.165) is 6.42 Å². The number of hydrogen-bond donors (Lipinski definition) is 0. The van der Waals surface area contributed by atoms with Gasteiger partial charge in [0.25, 0.3) is 0 Å². The molecule has 0 unspecified atom stereocenters. The molecule has 0 atom stereocenters. The number of benzene rings is 8. The summed E-state index contributed by atoms with van der Waals surface area (Å²) < 4.78 is 0. The fourth-order valence-electron chi connectivity index (χ4n) is 9.16. The summed E-state index contributed by atoms with van der Waals surface area (Å²) in [6, 6.07) is 76.5. The Hall–Kier alpha value is -6.50. The predicted molar refractivity (Wildman–Crippen MR) is 216 cm³/mol. The molecule has 10 rings (SSSR count). The Morgan fingerprint density at radius 1 is 0.250 bits per heavy atom. The van der Waals surface area contributed by atoms with E-state index in [4.69, 9.17) is 0 Å². The molecule has 0 aromatic heterocycles. The van der Waals surface area contributed by atoms with Crippen LogP contribution < -0.4 is 0 Å². The highest BCUT2D eigenvalue weighted by molar-refractivity contribution is 6.10. The van der Waals surface area contributed by atoms with Gasteiger partial charge in [-0.25, -0.2) is 0 Å². The Labute approximate surface area is 306 Å². The lowest BCUT2D eigenvalue weighted by atomic mass is 9.56. The van der Waals surface area contributed by atoms with Crippen molar-refractivity contribution >= 4 is 11.1 Å². The van der Waals surface area contributed by atoms with Crippen molar-refractivity contribution in [3.8, 4) is 22.3 Å². The van der Waals surface area contributed by atoms with Gasteiger partial charge in [-0.15, -0.1) is 0 Å². The molecule has 0 saturated carbocycles. The van der Waals surface area contributed by atoms with Gasteiger partial charge in [0.1, 0.15) is 0 Å². The van der Waals surface area contributed by atoms with Crippen LogP contribution in [0, 0.1) is 0 Å². The van der Waals surface area contributed by atoms with Crippen molar-refractivity contribution in [2.75, 3.05) is 0 Å². The molecule has 0 spiro atoms. The summed E-state index contributed by atoms with van der Waals surface area (Å²) in [7, 11) is 0. The maximum atomic E-state index is 2.40. The van der Waals surface area contributed by atoms with Gasteiger partial charge in [-0.3, -0.25) is 0 Å². The summed E-state index contributed by atoms with van der Waals surface area (Å²) in [6.45, 7) is 0. The van der Waals surface area contributed by atoms with E-state index < -0.39 is 5.41 Å². The van der Waals surface area contributed by atoms with Gasteiger partial charge in [-0.1, -0.05) is 206 Å². The largest absolute Gasteiger partial charge is 0.0725 e. The van der Waals surface area contributed by atoms with Gasteiger partial charge < -0.3 is 0 Å². The number of hydrogen-bond acceptors (Lipinski definition) is 0. The maximum absolute atomic E-state index is 2.40. The molecule has 0 heterocycles. The fraction of sp³-hybridized carbons (Fsp3) is 0.0385. The molecule has 0 aliphatic heterocycles. The van der Waals surface area contributed by atoms with Crippen LogP contribution in [0.5, 0.6) is 0 Å². The van der Waals surface area contributed by atoms with E-state index >= 15 is 0 Å². The Kier molecular flexibility index (Phi) is 7.22. The van der Waals surface area contributed by atoms with E-state index in [-0.39, 0.29) is 0 Å². The third kappa shape index (κ3) is 4.54. The molecule has 8 aromatic rings. The van der Waals surface area contributed by atoms with Crippen LogP contribution in [0.2, 0.25) is 0 Å². The average molecular weight is 661 g/mol. The summed E-state index contributed by atoms with van der Waals surface area (Å²) in [5.41, 5.74) is 19.9. The molecule has 8 aromatic carbocycles. The number of fused-ring (bicyclic) bond motifs is 4. The molecule has 2 aliphatic carbocycles. The predicted octanol–water partition coefficient (Wildman–Crippen LogP) is 12.6. The molecule has 0 saturated heterocycles. The minimum absolute atomic E-state index is 0.649. The Morgan fingerprint density at radius 2 is 0.538 bits per heavy atom. The van der Waals surface area contributed by atoms with Crippen LogP contribution in [0.1, 0.15) is 55.6 Å². The van der Waals surface area contributed by atoms with E-state index in [1.807, 2.05) is 0 Å². The van der Waals surface area contributed by atoms with Crippen molar-refractivity contribution in [3.05, 3.63) is 262 Å². The van der Waals surface area contributed by atoms with Crippen LogP contribution in [0.4, 0.5) is 0 Å². The van der Waals surface area contributed by atoms with Crippen LogP contribution in [-0.2, 0) is 11.8 Å². The lowest BCUT2D eigenvalue weighted by molar-refractivity contribution is 0.735. The van der Waals surface area contributed by atoms with Crippen LogP contribution in [0.25, 0.3) is 33.4 Å². The van der Waals surface area contributed by atoms with Crippen molar-refractivity contribution in [1.82, 2.24) is 0 Å². The van der Waals surface area contributed by atoms with Crippen LogP contribution in [0.3, 0.4) is 0 Å². The topological polar surface area (TPSA) is 0 Å². The highest BCUT2D eigenvalue weighted by Gasteiger charge is 2.48. The Balaban J connectivity index is 1.41. The molecule has 0 fully saturated rings. The highest BCUT2D eigenvalue weighted by atomic mass is 14.5. The van der Waals surface area contributed by atoms with Gasteiger partial charge in [-0.05, 0) is 95.5 Å². The number of rotatable bonds is 4. The van der Waals surface area contributed by atoms with Gasteiger partial charge in [0.15, 0.2) is 0 Å². The molecule has 0 amide bonds. The first-order valence-corrected chi connectivity index (χ1v) is 18.2. The van der Waals surface area contributed by atoms with E-state index in [0.29, 0.717) is 0 Å². The van der Waals surface area contributed by atoms with Gasteiger partial charge in [0.05, 0.1) is 5.41 Å². The SMILES string of the molecule is c1ccc(-c2ccccc2C2(c3ccccc3-c3ccccc3)c3ccccc3C(=C3c4ccccc4Cc4ccccc43)c3ccccc32)cc1. The molecular weight excluding hydrogens is 625 g/mol. The zero-order chi connectivity index (χ0) is 34.5. The van der Waals surface area contributed by atoms with Crippen molar-refractivity contribution in [1.29, 1.82) is 0 Å². The molecule has 52 heavy (non-hydrogen) atoms. The minimum Gasteiger partial charge on any atom is -0.0622 e. The van der Waals surface area contributed by atoms with E-state index in [2.05, 4.69) is 206 Å². The zero-order valence-electron chi connectivity index (χ0n) is 28.8. The molecule has 2 aliphatic rings. The first-order chi connectivity index (χ1) is 25.8. The average Bonchev–Trinajstić information content (AvgIpc) is 3.23. The van der Waals surface area contributed by atoms with Gasteiger partial charge in [0, 0.05) is 0 Å². The van der Waals surface area contributed by atoms with E-state index in [1.54, 1.807) is 0 Å². The van der Waals surface area contributed by atoms with Crippen LogP contribution in [-0.4, -0.2) is 0 Å². The first kappa shape index (κ1) is 30.3. The van der Waals surface area contributed by atoms with Crippen LogP contribution >= 0.6 is 0 Å². The van der Waals surface area contributed by atoms with Gasteiger partial charge >= 0.3 is 0 Å². The third-order valence-corrected chi connectivity index (χ3v) is 11.2. The third-order valence-electron chi connectivity index (χ3n) is 11.2. The summed E-state index contributed by atoms with van der Waals surface area (Å²) in [6.07, 6.45) is 0.936. The molecule has 0 heteroatoms. The summed E-state index contributed by atoms with van der Waals surface area (Å²) in [4.78, 5) is 0. The van der Waals surface area contributed by atoms with Gasteiger partial charge in [-0.2, -0.15) is 0 Å². The minimum atomic E-state index is -0.649. The quantitative estimate of drug-likeness (QED) is 0.176. The lowest BCUT2D eigenvalue weighted by Gasteiger charge is -2.45. The second kappa shape index (κ2) is 12.4. The second-order valence-electron chi connectivity index (χ2n) is 13.9. The standard InChI is InChI=1S/C52H36/c1-3-19-36(20-4-1)40-25-11-15-31-46(40)52(47-32-16-12-26-41(47)37-21-5-2-6-22-37)48-33-17-13-29-44(48)51(45-30-14-18-34-49(45)52)50-42-27-9-7-23-38(42)35-39-24-8-10-28-43(39)50/h1-34H,35H2. The van der Waals surface area contributed by atoms with Crippen molar-refractivity contribution in [2.24, 2.45) is 0 Å². The van der Waals surface area contributed by atoms with Crippen molar-refractivity contribution in [2.45, 2.75) is 11.8 Å². The second-order valence-corrected chi connectivity index (χ2v) is 13.9. The normalized spacial score (nSPS) is 13.8. The smallest absolute Gasteiger partial charge is 0.0622 e. The van der Waals surface area contributed by atoms with Crippen molar-refractivity contribution < 1.29 is 0 Å². The highest BCUT2D eigenvalue weighted by Crippen LogP contribution is 2.59. The monoisotopic (exact) mass is 660 g/mol. The summed E-state index contributed by atoms with van der Waals surface area (Å²) in [5, 5.41) is 0. The fourth-order valence-corrected chi connectivity index (χ4v) is 9.16. The summed E-state index contributed by atoms with van der Waals surface area (Å²) in [5.74, 6) is 0. The molecular formula is C52H36. The Morgan fingerprint density at radius 3 is 0.962 bits per heavy atom.